The minimum absolute atomic E-state index is 0.150. The van der Waals surface area contributed by atoms with Gasteiger partial charge in [-0.25, -0.2) is 9.79 Å². The molecule has 0 aromatic heterocycles. The largest absolute Gasteiger partial charge is 0.444 e. The van der Waals surface area contributed by atoms with Gasteiger partial charge < -0.3 is 10.5 Å². The van der Waals surface area contributed by atoms with Crippen LogP contribution in [0.3, 0.4) is 0 Å². The van der Waals surface area contributed by atoms with Crippen molar-refractivity contribution in [1.29, 1.82) is 0 Å². The number of carbonyl (C=O) groups excluding carboxylic acids is 1. The van der Waals surface area contributed by atoms with Gasteiger partial charge in [-0.1, -0.05) is 36.4 Å². The summed E-state index contributed by atoms with van der Waals surface area (Å²) < 4.78 is 5.14. The first kappa shape index (κ1) is 15.9. The number of amides is 1. The zero-order valence-corrected chi connectivity index (χ0v) is 12.6. The topological polar surface area (TPSA) is 76.7 Å². The van der Waals surface area contributed by atoms with Crippen LogP contribution in [0.2, 0.25) is 0 Å². The van der Waals surface area contributed by atoms with Crippen LogP contribution >= 0.6 is 11.6 Å². The molecule has 0 heterocycles. The average Bonchev–Trinajstić information content (AvgIpc) is 2.54. The summed E-state index contributed by atoms with van der Waals surface area (Å²) in [6.07, 6.45) is -0.532. The highest BCUT2D eigenvalue weighted by Gasteiger charge is 2.04. The molecule has 0 aliphatic heterocycles. The third-order valence-electron chi connectivity index (χ3n) is 2.71. The van der Waals surface area contributed by atoms with Crippen LogP contribution in [0.15, 0.2) is 59.6 Å². The number of carbonyl (C=O) groups is 1. The zero-order valence-electron chi connectivity index (χ0n) is 11.8. The van der Waals surface area contributed by atoms with Crippen molar-refractivity contribution in [3.63, 3.8) is 0 Å². The molecule has 0 atom stereocenters. The number of benzene rings is 2. The standard InChI is InChI=1S/C16H16ClN3O2/c17-10-15(18)19-13-7-4-8-14(9-13)20-16(21)22-11-12-5-2-1-3-6-12/h1-9H,10-11H2,(H2,18,19)(H,20,21). The van der Waals surface area contributed by atoms with E-state index in [1.165, 1.54) is 0 Å². The fourth-order valence-corrected chi connectivity index (χ4v) is 1.79. The summed E-state index contributed by atoms with van der Waals surface area (Å²) in [7, 11) is 0. The highest BCUT2D eigenvalue weighted by Crippen LogP contribution is 2.18. The van der Waals surface area contributed by atoms with Crippen LogP contribution in [-0.2, 0) is 11.3 Å². The van der Waals surface area contributed by atoms with Crippen LogP contribution < -0.4 is 11.1 Å². The van der Waals surface area contributed by atoms with Crippen molar-refractivity contribution in [1.82, 2.24) is 0 Å². The van der Waals surface area contributed by atoms with E-state index < -0.39 is 6.09 Å². The molecule has 6 heteroatoms. The maximum absolute atomic E-state index is 11.8. The Morgan fingerprint density at radius 1 is 1.18 bits per heavy atom. The summed E-state index contributed by atoms with van der Waals surface area (Å²) in [6, 6.07) is 16.4. The predicted octanol–water partition coefficient (Wildman–Crippen LogP) is 3.66. The SMILES string of the molecule is NC(CCl)=Nc1cccc(NC(=O)OCc2ccccc2)c1. The highest BCUT2D eigenvalue weighted by molar-refractivity contribution is 6.28. The molecule has 0 radical (unpaired) electrons. The van der Waals surface area contributed by atoms with Crippen LogP contribution in [-0.4, -0.2) is 17.8 Å². The van der Waals surface area contributed by atoms with Gasteiger partial charge in [-0.15, -0.1) is 11.6 Å². The van der Waals surface area contributed by atoms with E-state index in [9.17, 15) is 4.79 Å². The predicted molar refractivity (Wildman–Crippen MR) is 88.7 cm³/mol. The number of halogens is 1. The van der Waals surface area contributed by atoms with Gasteiger partial charge >= 0.3 is 6.09 Å². The molecular weight excluding hydrogens is 302 g/mol. The Balaban J connectivity index is 1.93. The first-order valence-electron chi connectivity index (χ1n) is 6.64. The van der Waals surface area contributed by atoms with Gasteiger partial charge in [0.25, 0.3) is 0 Å². The number of alkyl halides is 1. The second-order valence-corrected chi connectivity index (χ2v) is 4.74. The summed E-state index contributed by atoms with van der Waals surface area (Å²) >= 11 is 5.58. The fourth-order valence-electron chi connectivity index (χ4n) is 1.73. The molecule has 2 aromatic carbocycles. The second-order valence-electron chi connectivity index (χ2n) is 4.47. The number of hydrogen-bond acceptors (Lipinski definition) is 3. The molecule has 5 nitrogen and oxygen atoms in total. The third-order valence-corrected chi connectivity index (χ3v) is 2.99. The van der Waals surface area contributed by atoms with Crippen molar-refractivity contribution in [3.8, 4) is 0 Å². The Morgan fingerprint density at radius 3 is 2.68 bits per heavy atom. The summed E-state index contributed by atoms with van der Waals surface area (Å²) in [5.41, 5.74) is 7.68. The van der Waals surface area contributed by atoms with E-state index in [4.69, 9.17) is 22.1 Å². The highest BCUT2D eigenvalue weighted by atomic mass is 35.5. The van der Waals surface area contributed by atoms with Crippen molar-refractivity contribution in [3.05, 3.63) is 60.2 Å². The molecule has 114 valence electrons. The molecule has 0 saturated carbocycles. The molecule has 2 aromatic rings. The summed E-state index contributed by atoms with van der Waals surface area (Å²) in [5, 5.41) is 2.64. The van der Waals surface area contributed by atoms with Gasteiger partial charge in [0.15, 0.2) is 0 Å². The number of nitrogens with one attached hydrogen (secondary N) is 1. The number of rotatable bonds is 5. The minimum Gasteiger partial charge on any atom is -0.444 e. The summed E-state index contributed by atoms with van der Waals surface area (Å²) in [5.74, 6) is 0.460. The van der Waals surface area contributed by atoms with E-state index in [-0.39, 0.29) is 12.5 Å². The Bertz CT molecular complexity index is 659. The van der Waals surface area contributed by atoms with Gasteiger partial charge in [0.05, 0.1) is 11.6 Å². The first-order chi connectivity index (χ1) is 10.7. The van der Waals surface area contributed by atoms with Crippen molar-refractivity contribution in [2.24, 2.45) is 10.7 Å². The van der Waals surface area contributed by atoms with Crippen LogP contribution in [0.1, 0.15) is 5.56 Å². The van der Waals surface area contributed by atoms with Crippen LogP contribution in [0.5, 0.6) is 0 Å². The monoisotopic (exact) mass is 317 g/mol. The number of nitrogens with two attached hydrogens (primary N) is 1. The molecule has 1 amide bonds. The lowest BCUT2D eigenvalue weighted by Gasteiger charge is -2.07. The normalized spacial score (nSPS) is 11.0. The summed E-state index contributed by atoms with van der Waals surface area (Å²) in [4.78, 5) is 15.9. The quantitative estimate of drug-likeness (QED) is 0.502. The molecular formula is C16H16ClN3O2. The first-order valence-corrected chi connectivity index (χ1v) is 7.17. The lowest BCUT2D eigenvalue weighted by Crippen LogP contribution is -2.13. The minimum atomic E-state index is -0.532. The average molecular weight is 318 g/mol. The molecule has 22 heavy (non-hydrogen) atoms. The zero-order chi connectivity index (χ0) is 15.8. The van der Waals surface area contributed by atoms with Crippen LogP contribution in [0.4, 0.5) is 16.2 Å². The van der Waals surface area contributed by atoms with E-state index in [1.807, 2.05) is 30.3 Å². The molecule has 0 spiro atoms. The van der Waals surface area contributed by atoms with Crippen molar-refractivity contribution in [2.45, 2.75) is 6.61 Å². The maximum Gasteiger partial charge on any atom is 0.411 e. The van der Waals surface area contributed by atoms with Crippen LogP contribution in [0, 0.1) is 0 Å². The molecule has 0 saturated heterocycles. The van der Waals surface area contributed by atoms with Crippen molar-refractivity contribution < 1.29 is 9.53 Å². The lowest BCUT2D eigenvalue weighted by atomic mass is 10.2. The molecule has 2 rings (SSSR count). The van der Waals surface area contributed by atoms with Gasteiger partial charge in [-0.2, -0.15) is 0 Å². The number of hydrogen-bond donors (Lipinski definition) is 2. The van der Waals surface area contributed by atoms with E-state index in [0.717, 1.165) is 5.56 Å². The van der Waals surface area contributed by atoms with E-state index in [1.54, 1.807) is 24.3 Å². The molecule has 0 unspecified atom stereocenters. The third kappa shape index (κ3) is 5.10. The molecule has 0 fully saturated rings. The summed E-state index contributed by atoms with van der Waals surface area (Å²) in [6.45, 7) is 0.212. The van der Waals surface area contributed by atoms with E-state index in [0.29, 0.717) is 17.2 Å². The Morgan fingerprint density at radius 2 is 1.95 bits per heavy atom. The lowest BCUT2D eigenvalue weighted by molar-refractivity contribution is 0.155. The molecule has 0 bridgehead atoms. The Hall–Kier alpha value is -2.53. The maximum atomic E-state index is 11.8. The Kier molecular flexibility index (Phi) is 5.80. The number of aliphatic imine (C=N–C) groups is 1. The second kappa shape index (κ2) is 8.05. The van der Waals surface area contributed by atoms with Crippen molar-refractivity contribution in [2.75, 3.05) is 11.2 Å². The van der Waals surface area contributed by atoms with Crippen molar-refractivity contribution >= 4 is 34.9 Å². The molecule has 3 N–H and O–H groups in total. The van der Waals surface area contributed by atoms with Crippen LogP contribution in [0.25, 0.3) is 0 Å². The number of ether oxygens (including phenoxy) is 1. The number of anilines is 1. The number of amidine groups is 1. The van der Waals surface area contributed by atoms with Gasteiger partial charge in [0.1, 0.15) is 12.4 Å². The van der Waals surface area contributed by atoms with Gasteiger partial charge in [0.2, 0.25) is 0 Å². The fraction of sp³-hybridized carbons (Fsp3) is 0.125. The van der Waals surface area contributed by atoms with Gasteiger partial charge in [0, 0.05) is 5.69 Å². The Labute approximate surface area is 133 Å². The van der Waals surface area contributed by atoms with Gasteiger partial charge in [-0.05, 0) is 23.8 Å². The van der Waals surface area contributed by atoms with E-state index in [2.05, 4.69) is 10.3 Å². The number of nitrogens with zero attached hydrogens (tertiary/aromatic N) is 1. The molecule has 0 aliphatic carbocycles. The van der Waals surface area contributed by atoms with Gasteiger partial charge in [-0.3, -0.25) is 5.32 Å². The van der Waals surface area contributed by atoms with E-state index >= 15 is 0 Å². The molecule has 0 aliphatic rings. The smallest absolute Gasteiger partial charge is 0.411 e.